The number of para-hydroxylation sites is 1. The Balaban J connectivity index is 0.000000136. The van der Waals surface area contributed by atoms with Crippen molar-refractivity contribution < 1.29 is 0 Å². The van der Waals surface area contributed by atoms with Crippen LogP contribution < -0.4 is 5.14 Å². The molecule has 4 rings (SSSR count). The molecule has 0 bridgehead atoms. The van der Waals surface area contributed by atoms with Crippen molar-refractivity contribution >= 4 is 33.5 Å². The molecule has 1 aromatic heterocycles. The first kappa shape index (κ1) is 16.5. The number of aromatic nitrogens is 1. The molecule has 2 aromatic carbocycles. The standard InChI is InChI=1S/C12H16.C7H6N2S2/c1-3-7-11(8-4-1)12-9-5-2-6-10-12;8-11-7-9-5-3-1-2-4-6(5)10-7/h1,3-4,7-8,12H,2,5-6,9-10H2;1-4H,8H2. The van der Waals surface area contributed by atoms with Gasteiger partial charge in [-0.3, -0.25) is 5.14 Å². The van der Waals surface area contributed by atoms with Crippen LogP contribution in [0.25, 0.3) is 10.2 Å². The molecule has 1 fully saturated rings. The van der Waals surface area contributed by atoms with Gasteiger partial charge in [0.05, 0.1) is 10.2 Å². The van der Waals surface area contributed by atoms with Crippen molar-refractivity contribution in [2.75, 3.05) is 0 Å². The summed E-state index contributed by atoms with van der Waals surface area (Å²) in [6.45, 7) is 0. The van der Waals surface area contributed by atoms with Crippen LogP contribution in [-0.2, 0) is 0 Å². The quantitative estimate of drug-likeness (QED) is 0.581. The maximum atomic E-state index is 5.38. The average Bonchev–Trinajstić information content (AvgIpc) is 3.07. The van der Waals surface area contributed by atoms with Crippen LogP contribution in [0, 0.1) is 0 Å². The Bertz CT molecular complexity index is 685. The Hall–Kier alpha value is -1.36. The summed E-state index contributed by atoms with van der Waals surface area (Å²) in [6, 6.07) is 19.0. The number of hydrogen-bond acceptors (Lipinski definition) is 4. The minimum atomic E-state index is 0.861. The highest BCUT2D eigenvalue weighted by molar-refractivity contribution is 7.99. The molecule has 0 unspecified atom stereocenters. The van der Waals surface area contributed by atoms with E-state index in [4.69, 9.17) is 5.14 Å². The number of nitrogens with two attached hydrogens (primary N) is 1. The lowest BCUT2D eigenvalue weighted by atomic mass is 9.84. The Morgan fingerprint density at radius 2 is 1.61 bits per heavy atom. The number of hydrogen-bond donors (Lipinski definition) is 1. The van der Waals surface area contributed by atoms with E-state index in [1.54, 1.807) is 16.9 Å². The summed E-state index contributed by atoms with van der Waals surface area (Å²) in [7, 11) is 0. The highest BCUT2D eigenvalue weighted by Gasteiger charge is 2.14. The molecule has 0 amide bonds. The van der Waals surface area contributed by atoms with E-state index in [0.717, 1.165) is 15.8 Å². The second kappa shape index (κ2) is 8.48. The van der Waals surface area contributed by atoms with E-state index in [9.17, 15) is 0 Å². The van der Waals surface area contributed by atoms with Gasteiger partial charge in [0, 0.05) is 0 Å². The topological polar surface area (TPSA) is 38.9 Å². The first-order valence-corrected chi connectivity index (χ1v) is 9.83. The molecule has 0 aliphatic heterocycles. The maximum Gasteiger partial charge on any atom is 0.165 e. The van der Waals surface area contributed by atoms with Crippen molar-refractivity contribution in [3.63, 3.8) is 0 Å². The first-order valence-electron chi connectivity index (χ1n) is 8.14. The van der Waals surface area contributed by atoms with Gasteiger partial charge in [0.15, 0.2) is 4.34 Å². The van der Waals surface area contributed by atoms with Crippen LogP contribution in [0.4, 0.5) is 0 Å². The highest BCUT2D eigenvalue weighted by atomic mass is 32.2. The van der Waals surface area contributed by atoms with Crippen LogP contribution in [0.15, 0.2) is 58.9 Å². The fraction of sp³-hybridized carbons (Fsp3) is 0.316. The van der Waals surface area contributed by atoms with Gasteiger partial charge in [0.2, 0.25) is 0 Å². The molecule has 120 valence electrons. The molecule has 0 atom stereocenters. The lowest BCUT2D eigenvalue weighted by molar-refractivity contribution is 0.443. The number of benzene rings is 2. The van der Waals surface area contributed by atoms with Crippen LogP contribution in [0.3, 0.4) is 0 Å². The SMILES string of the molecule is NSc1nc2ccccc2s1.c1ccc(C2CCCCC2)cc1. The molecule has 3 aromatic rings. The van der Waals surface area contributed by atoms with Crippen molar-refractivity contribution in [2.45, 2.75) is 42.4 Å². The zero-order chi connectivity index (χ0) is 15.9. The van der Waals surface area contributed by atoms with Crippen LogP contribution in [0.5, 0.6) is 0 Å². The molecule has 1 heterocycles. The van der Waals surface area contributed by atoms with E-state index in [1.165, 1.54) is 48.8 Å². The second-order valence-electron chi connectivity index (χ2n) is 5.81. The monoisotopic (exact) mass is 342 g/mol. The molecule has 2 nitrogen and oxygen atoms in total. The van der Waals surface area contributed by atoms with Crippen LogP contribution in [0.1, 0.15) is 43.6 Å². The molecule has 0 spiro atoms. The van der Waals surface area contributed by atoms with E-state index in [-0.39, 0.29) is 0 Å². The Kier molecular flexibility index (Phi) is 6.08. The molecular formula is C19H22N2S2. The van der Waals surface area contributed by atoms with E-state index in [1.807, 2.05) is 24.3 Å². The number of rotatable bonds is 2. The minimum absolute atomic E-state index is 0.861. The van der Waals surface area contributed by atoms with Crippen molar-refractivity contribution in [3.05, 3.63) is 60.2 Å². The summed E-state index contributed by atoms with van der Waals surface area (Å²) < 4.78 is 2.12. The van der Waals surface area contributed by atoms with Crippen molar-refractivity contribution in [1.29, 1.82) is 0 Å². The fourth-order valence-corrected chi connectivity index (χ4v) is 4.37. The summed E-state index contributed by atoms with van der Waals surface area (Å²) >= 11 is 2.83. The van der Waals surface area contributed by atoms with Crippen LogP contribution >= 0.6 is 23.3 Å². The van der Waals surface area contributed by atoms with E-state index in [2.05, 4.69) is 35.3 Å². The molecule has 1 aliphatic carbocycles. The number of fused-ring (bicyclic) bond motifs is 1. The van der Waals surface area contributed by atoms with Gasteiger partial charge in [-0.1, -0.05) is 61.7 Å². The van der Waals surface area contributed by atoms with E-state index in [0.29, 0.717) is 0 Å². The third-order valence-corrected chi connectivity index (χ3v) is 5.91. The molecule has 4 heteroatoms. The smallest absolute Gasteiger partial charge is 0.165 e. The Morgan fingerprint density at radius 1 is 0.913 bits per heavy atom. The van der Waals surface area contributed by atoms with Crippen molar-refractivity contribution in [1.82, 2.24) is 4.98 Å². The van der Waals surface area contributed by atoms with Gasteiger partial charge in [-0.15, -0.1) is 11.3 Å². The summed E-state index contributed by atoms with van der Waals surface area (Å²) in [5, 5.41) is 5.38. The second-order valence-corrected chi connectivity index (χ2v) is 7.72. The zero-order valence-electron chi connectivity index (χ0n) is 13.2. The van der Waals surface area contributed by atoms with Crippen LogP contribution in [-0.4, -0.2) is 4.98 Å². The van der Waals surface area contributed by atoms with Gasteiger partial charge in [-0.25, -0.2) is 4.98 Å². The normalized spacial score (nSPS) is 15.2. The molecular weight excluding hydrogens is 320 g/mol. The molecule has 1 saturated carbocycles. The van der Waals surface area contributed by atoms with Gasteiger partial charge in [-0.2, -0.15) is 0 Å². The number of thiazole rings is 1. The lowest BCUT2D eigenvalue weighted by Gasteiger charge is -2.21. The molecule has 2 N–H and O–H groups in total. The zero-order valence-corrected chi connectivity index (χ0v) is 14.8. The fourth-order valence-electron chi connectivity index (χ4n) is 3.06. The summed E-state index contributed by atoms with van der Waals surface area (Å²) in [5.74, 6) is 0.861. The maximum absolute atomic E-state index is 5.38. The van der Waals surface area contributed by atoms with Gasteiger partial charge >= 0.3 is 0 Å². The molecule has 1 aliphatic rings. The lowest BCUT2D eigenvalue weighted by Crippen LogP contribution is -2.03. The minimum Gasteiger partial charge on any atom is -0.272 e. The first-order chi connectivity index (χ1) is 11.4. The van der Waals surface area contributed by atoms with Gasteiger partial charge in [-0.05, 0) is 48.4 Å². The number of nitrogens with zero attached hydrogens (tertiary/aromatic N) is 1. The largest absolute Gasteiger partial charge is 0.272 e. The molecule has 23 heavy (non-hydrogen) atoms. The average molecular weight is 343 g/mol. The molecule has 0 saturated heterocycles. The van der Waals surface area contributed by atoms with Crippen molar-refractivity contribution in [3.8, 4) is 0 Å². The van der Waals surface area contributed by atoms with E-state index >= 15 is 0 Å². The van der Waals surface area contributed by atoms with Gasteiger partial charge in [0.1, 0.15) is 0 Å². The predicted octanol–water partition coefficient (Wildman–Crippen LogP) is 6.00. The highest BCUT2D eigenvalue weighted by Crippen LogP contribution is 2.32. The van der Waals surface area contributed by atoms with Gasteiger partial charge < -0.3 is 0 Å². The molecule has 0 radical (unpaired) electrons. The third kappa shape index (κ3) is 4.56. The Labute approximate surface area is 146 Å². The summed E-state index contributed by atoms with van der Waals surface area (Å²) in [5.41, 5.74) is 2.59. The van der Waals surface area contributed by atoms with Crippen molar-refractivity contribution in [2.24, 2.45) is 5.14 Å². The Morgan fingerprint density at radius 3 is 2.30 bits per heavy atom. The van der Waals surface area contributed by atoms with Gasteiger partial charge in [0.25, 0.3) is 0 Å². The third-order valence-electron chi connectivity index (χ3n) is 4.25. The van der Waals surface area contributed by atoms with E-state index < -0.39 is 0 Å². The van der Waals surface area contributed by atoms with Crippen LogP contribution in [0.2, 0.25) is 0 Å². The predicted molar refractivity (Wildman–Crippen MR) is 102 cm³/mol. The summed E-state index contributed by atoms with van der Waals surface area (Å²) in [6.07, 6.45) is 7.12. The summed E-state index contributed by atoms with van der Waals surface area (Å²) in [4.78, 5) is 4.29.